The monoisotopic (exact) mass is 160 g/mol. The van der Waals surface area contributed by atoms with Crippen LogP contribution in [0.2, 0.25) is 0 Å². The third kappa shape index (κ3) is 7.82. The summed E-state index contributed by atoms with van der Waals surface area (Å²) in [5, 5.41) is 8.44. The Morgan fingerprint density at radius 1 is 1.36 bits per heavy atom. The van der Waals surface area contributed by atoms with Crippen LogP contribution < -0.4 is 0 Å². The molecule has 0 saturated carbocycles. The van der Waals surface area contributed by atoms with Gasteiger partial charge >= 0.3 is 0 Å². The quantitative estimate of drug-likeness (QED) is 0.576. The van der Waals surface area contributed by atoms with E-state index >= 15 is 0 Å². The standard InChI is InChI=1S/C9H20O2/c1-3-9(2)5-8-11-7-4-6-10/h9-10H,3-8H2,1-2H3. The van der Waals surface area contributed by atoms with Crippen molar-refractivity contribution in [2.75, 3.05) is 19.8 Å². The zero-order chi connectivity index (χ0) is 8.53. The van der Waals surface area contributed by atoms with Crippen molar-refractivity contribution in [2.24, 2.45) is 5.92 Å². The summed E-state index contributed by atoms with van der Waals surface area (Å²) in [6.07, 6.45) is 3.13. The van der Waals surface area contributed by atoms with Crippen LogP contribution in [0.5, 0.6) is 0 Å². The Balaban J connectivity index is 2.89. The summed E-state index contributed by atoms with van der Waals surface area (Å²) < 4.78 is 5.29. The molecule has 0 aromatic carbocycles. The van der Waals surface area contributed by atoms with Crippen LogP contribution in [0.4, 0.5) is 0 Å². The fourth-order valence-electron chi connectivity index (χ4n) is 0.757. The van der Waals surface area contributed by atoms with Gasteiger partial charge in [0.05, 0.1) is 0 Å². The number of ether oxygens (including phenoxy) is 1. The van der Waals surface area contributed by atoms with Crippen molar-refractivity contribution >= 4 is 0 Å². The van der Waals surface area contributed by atoms with E-state index in [1.165, 1.54) is 6.42 Å². The van der Waals surface area contributed by atoms with E-state index in [0.717, 1.165) is 25.4 Å². The van der Waals surface area contributed by atoms with Crippen LogP contribution in [0.25, 0.3) is 0 Å². The van der Waals surface area contributed by atoms with Crippen LogP contribution in [-0.2, 0) is 4.74 Å². The Hall–Kier alpha value is -0.0800. The van der Waals surface area contributed by atoms with Gasteiger partial charge in [-0.25, -0.2) is 0 Å². The van der Waals surface area contributed by atoms with Gasteiger partial charge in [-0.05, 0) is 18.8 Å². The minimum absolute atomic E-state index is 0.239. The van der Waals surface area contributed by atoms with Gasteiger partial charge in [0, 0.05) is 19.8 Å². The first-order valence-electron chi connectivity index (χ1n) is 4.49. The zero-order valence-electron chi connectivity index (χ0n) is 7.68. The van der Waals surface area contributed by atoms with E-state index in [2.05, 4.69) is 13.8 Å². The van der Waals surface area contributed by atoms with Crippen molar-refractivity contribution in [3.63, 3.8) is 0 Å². The van der Waals surface area contributed by atoms with Crippen LogP contribution >= 0.6 is 0 Å². The minimum atomic E-state index is 0.239. The molecule has 0 rings (SSSR count). The maximum absolute atomic E-state index is 8.44. The molecule has 2 heteroatoms. The molecular weight excluding hydrogens is 140 g/mol. The van der Waals surface area contributed by atoms with Crippen molar-refractivity contribution < 1.29 is 9.84 Å². The van der Waals surface area contributed by atoms with Crippen LogP contribution in [-0.4, -0.2) is 24.9 Å². The van der Waals surface area contributed by atoms with Gasteiger partial charge in [0.2, 0.25) is 0 Å². The van der Waals surface area contributed by atoms with Gasteiger partial charge in [-0.2, -0.15) is 0 Å². The van der Waals surface area contributed by atoms with Crippen LogP contribution in [0.15, 0.2) is 0 Å². The fraction of sp³-hybridized carbons (Fsp3) is 1.00. The van der Waals surface area contributed by atoms with Crippen molar-refractivity contribution in [3.8, 4) is 0 Å². The number of hydrogen-bond acceptors (Lipinski definition) is 2. The number of aliphatic hydroxyl groups is 1. The lowest BCUT2D eigenvalue weighted by Crippen LogP contribution is -2.03. The van der Waals surface area contributed by atoms with Crippen molar-refractivity contribution in [1.82, 2.24) is 0 Å². The van der Waals surface area contributed by atoms with Gasteiger partial charge in [0.25, 0.3) is 0 Å². The van der Waals surface area contributed by atoms with Gasteiger partial charge in [-0.15, -0.1) is 0 Å². The van der Waals surface area contributed by atoms with E-state index in [1.807, 2.05) is 0 Å². The van der Waals surface area contributed by atoms with E-state index < -0.39 is 0 Å². The summed E-state index contributed by atoms with van der Waals surface area (Å²) in [5.41, 5.74) is 0. The third-order valence-corrected chi connectivity index (χ3v) is 1.90. The maximum Gasteiger partial charge on any atom is 0.0487 e. The predicted molar refractivity (Wildman–Crippen MR) is 46.6 cm³/mol. The largest absolute Gasteiger partial charge is 0.396 e. The molecule has 0 aromatic rings. The topological polar surface area (TPSA) is 29.5 Å². The molecule has 0 saturated heterocycles. The zero-order valence-corrected chi connectivity index (χ0v) is 7.68. The van der Waals surface area contributed by atoms with Gasteiger partial charge < -0.3 is 9.84 Å². The normalized spacial score (nSPS) is 13.4. The molecular formula is C9H20O2. The second-order valence-corrected chi connectivity index (χ2v) is 2.99. The highest BCUT2D eigenvalue weighted by molar-refractivity contribution is 4.47. The summed E-state index contributed by atoms with van der Waals surface area (Å²) in [4.78, 5) is 0. The molecule has 0 aromatic heterocycles. The molecule has 2 nitrogen and oxygen atoms in total. The summed E-state index contributed by atoms with van der Waals surface area (Å²) in [6.45, 7) is 6.21. The van der Waals surface area contributed by atoms with Gasteiger partial charge in [0.15, 0.2) is 0 Å². The molecule has 0 fully saturated rings. The molecule has 1 unspecified atom stereocenters. The highest BCUT2D eigenvalue weighted by atomic mass is 16.5. The van der Waals surface area contributed by atoms with Crippen molar-refractivity contribution in [1.29, 1.82) is 0 Å². The van der Waals surface area contributed by atoms with E-state index in [0.29, 0.717) is 6.61 Å². The molecule has 0 aliphatic rings. The third-order valence-electron chi connectivity index (χ3n) is 1.90. The highest BCUT2D eigenvalue weighted by Gasteiger charge is 1.97. The Morgan fingerprint density at radius 3 is 2.64 bits per heavy atom. The van der Waals surface area contributed by atoms with Crippen LogP contribution in [0, 0.1) is 5.92 Å². The Labute approximate surface area is 69.6 Å². The summed E-state index contributed by atoms with van der Waals surface area (Å²) in [6, 6.07) is 0. The van der Waals surface area contributed by atoms with Gasteiger partial charge in [-0.3, -0.25) is 0 Å². The number of hydrogen-bond donors (Lipinski definition) is 1. The molecule has 0 aliphatic heterocycles. The Kier molecular flexibility index (Phi) is 7.96. The van der Waals surface area contributed by atoms with Gasteiger partial charge in [-0.1, -0.05) is 20.3 Å². The molecule has 0 amide bonds. The van der Waals surface area contributed by atoms with Crippen LogP contribution in [0.3, 0.4) is 0 Å². The molecule has 0 spiro atoms. The average Bonchev–Trinajstić information content (AvgIpc) is 2.04. The lowest BCUT2D eigenvalue weighted by atomic mass is 10.1. The smallest absolute Gasteiger partial charge is 0.0487 e. The van der Waals surface area contributed by atoms with Gasteiger partial charge in [0.1, 0.15) is 0 Å². The molecule has 11 heavy (non-hydrogen) atoms. The Morgan fingerprint density at radius 2 is 2.09 bits per heavy atom. The minimum Gasteiger partial charge on any atom is -0.396 e. The number of aliphatic hydroxyl groups excluding tert-OH is 1. The molecule has 0 bridgehead atoms. The molecule has 1 atom stereocenters. The second-order valence-electron chi connectivity index (χ2n) is 2.99. The lowest BCUT2D eigenvalue weighted by Gasteiger charge is -2.07. The first kappa shape index (κ1) is 10.9. The SMILES string of the molecule is CCC(C)CCOCCCO. The first-order valence-corrected chi connectivity index (χ1v) is 4.49. The molecule has 0 radical (unpaired) electrons. The molecule has 0 heterocycles. The van der Waals surface area contributed by atoms with Crippen LogP contribution in [0.1, 0.15) is 33.1 Å². The maximum atomic E-state index is 8.44. The summed E-state index contributed by atoms with van der Waals surface area (Å²) in [5.74, 6) is 0.768. The Bertz CT molecular complexity index is 74.0. The summed E-state index contributed by atoms with van der Waals surface area (Å²) >= 11 is 0. The molecule has 0 aliphatic carbocycles. The fourth-order valence-corrected chi connectivity index (χ4v) is 0.757. The molecule has 1 N–H and O–H groups in total. The van der Waals surface area contributed by atoms with E-state index in [4.69, 9.17) is 9.84 Å². The first-order chi connectivity index (χ1) is 5.31. The van der Waals surface area contributed by atoms with Crippen molar-refractivity contribution in [2.45, 2.75) is 33.1 Å². The average molecular weight is 160 g/mol. The second kappa shape index (κ2) is 8.02. The van der Waals surface area contributed by atoms with E-state index in [-0.39, 0.29) is 6.61 Å². The van der Waals surface area contributed by atoms with Crippen molar-refractivity contribution in [3.05, 3.63) is 0 Å². The van der Waals surface area contributed by atoms with E-state index in [9.17, 15) is 0 Å². The number of rotatable bonds is 7. The lowest BCUT2D eigenvalue weighted by molar-refractivity contribution is 0.105. The summed E-state index contributed by atoms with van der Waals surface area (Å²) in [7, 11) is 0. The molecule has 68 valence electrons. The predicted octanol–water partition coefficient (Wildman–Crippen LogP) is 1.82. The van der Waals surface area contributed by atoms with E-state index in [1.54, 1.807) is 0 Å². The highest BCUT2D eigenvalue weighted by Crippen LogP contribution is 2.05.